The molecule has 20 heavy (non-hydrogen) atoms. The maximum absolute atomic E-state index is 13.5. The Morgan fingerprint density at radius 3 is 2.85 bits per heavy atom. The molecule has 1 aliphatic heterocycles. The van der Waals surface area contributed by atoms with Crippen molar-refractivity contribution in [3.63, 3.8) is 0 Å². The fraction of sp³-hybridized carbons (Fsp3) is 0.500. The summed E-state index contributed by atoms with van der Waals surface area (Å²) in [6, 6.07) is 4.03. The number of anilines is 1. The first-order chi connectivity index (χ1) is 9.48. The van der Waals surface area contributed by atoms with Crippen LogP contribution in [-0.4, -0.2) is 34.8 Å². The molecule has 2 amide bonds. The molecule has 3 N–H and O–H groups in total. The van der Waals surface area contributed by atoms with Crippen LogP contribution in [-0.2, 0) is 0 Å². The van der Waals surface area contributed by atoms with Crippen LogP contribution in [0.25, 0.3) is 0 Å². The van der Waals surface area contributed by atoms with Gasteiger partial charge >= 0.3 is 6.03 Å². The van der Waals surface area contributed by atoms with Crippen LogP contribution in [0, 0.1) is 12.7 Å². The summed E-state index contributed by atoms with van der Waals surface area (Å²) in [6.07, 6.45) is 1.33. The zero-order chi connectivity index (χ0) is 14.6. The van der Waals surface area contributed by atoms with E-state index in [1.165, 1.54) is 6.07 Å². The van der Waals surface area contributed by atoms with E-state index in [0.717, 1.165) is 17.1 Å². The quantitative estimate of drug-likeness (QED) is 0.803. The molecule has 6 heteroatoms. The number of carbonyl (C=O) groups excluding carboxylic acids is 1. The van der Waals surface area contributed by atoms with Gasteiger partial charge in [0.15, 0.2) is 0 Å². The molecule has 1 aromatic carbocycles. The third-order valence-electron chi connectivity index (χ3n) is 3.37. The van der Waals surface area contributed by atoms with E-state index in [0.29, 0.717) is 12.8 Å². The van der Waals surface area contributed by atoms with E-state index in [1.807, 2.05) is 6.92 Å². The van der Waals surface area contributed by atoms with Gasteiger partial charge in [-0.3, -0.25) is 0 Å². The van der Waals surface area contributed by atoms with Crippen LogP contribution in [0.1, 0.15) is 18.4 Å². The fourth-order valence-corrected chi connectivity index (χ4v) is 3.33. The van der Waals surface area contributed by atoms with E-state index in [2.05, 4.69) is 10.6 Å². The molecule has 1 fully saturated rings. The Bertz CT molecular complexity index is 490. The highest BCUT2D eigenvalue weighted by Crippen LogP contribution is 2.26. The van der Waals surface area contributed by atoms with Crippen molar-refractivity contribution in [1.29, 1.82) is 0 Å². The Morgan fingerprint density at radius 2 is 2.15 bits per heavy atom. The molecule has 0 atom stereocenters. The lowest BCUT2D eigenvalue weighted by molar-refractivity contribution is 0.0351. The summed E-state index contributed by atoms with van der Waals surface area (Å²) in [5.74, 6) is 1.32. The summed E-state index contributed by atoms with van der Waals surface area (Å²) in [4.78, 5) is 11.8. The third-order valence-corrected chi connectivity index (χ3v) is 4.36. The van der Waals surface area contributed by atoms with Gasteiger partial charge in [-0.05, 0) is 49.0 Å². The van der Waals surface area contributed by atoms with Crippen LogP contribution in [0.5, 0.6) is 0 Å². The lowest BCUT2D eigenvalue weighted by Crippen LogP contribution is -2.46. The number of rotatable bonds is 3. The van der Waals surface area contributed by atoms with E-state index in [-0.39, 0.29) is 12.2 Å². The molecule has 0 saturated carbocycles. The summed E-state index contributed by atoms with van der Waals surface area (Å²) in [6.45, 7) is 2.01. The topological polar surface area (TPSA) is 61.4 Å². The van der Waals surface area contributed by atoms with Gasteiger partial charge in [-0.15, -0.1) is 0 Å². The van der Waals surface area contributed by atoms with Gasteiger partial charge in [-0.1, -0.05) is 6.07 Å². The average Bonchev–Trinajstić information content (AvgIpc) is 2.42. The molecule has 2 rings (SSSR count). The van der Waals surface area contributed by atoms with Crippen molar-refractivity contribution in [2.45, 2.75) is 25.4 Å². The monoisotopic (exact) mass is 298 g/mol. The normalized spacial score (nSPS) is 17.6. The molecule has 1 heterocycles. The third kappa shape index (κ3) is 4.11. The Kier molecular flexibility index (Phi) is 4.88. The molecule has 1 saturated heterocycles. The van der Waals surface area contributed by atoms with Crippen molar-refractivity contribution >= 4 is 23.5 Å². The fourth-order valence-electron chi connectivity index (χ4n) is 2.07. The number of aryl methyl sites for hydroxylation is 1. The minimum atomic E-state index is -0.840. The van der Waals surface area contributed by atoms with Crippen molar-refractivity contribution in [1.82, 2.24) is 5.32 Å². The molecular weight excluding hydrogens is 279 g/mol. The Labute approximate surface area is 122 Å². The van der Waals surface area contributed by atoms with E-state index in [9.17, 15) is 14.3 Å². The first-order valence-electron chi connectivity index (χ1n) is 6.60. The van der Waals surface area contributed by atoms with Gasteiger partial charge in [-0.25, -0.2) is 9.18 Å². The van der Waals surface area contributed by atoms with E-state index < -0.39 is 17.4 Å². The number of halogens is 1. The second-order valence-electron chi connectivity index (χ2n) is 5.13. The summed E-state index contributed by atoms with van der Waals surface area (Å²) < 4.78 is 13.5. The molecular formula is C14H19FN2O2S. The predicted octanol–water partition coefficient (Wildman–Crippen LogP) is 2.51. The molecule has 4 nitrogen and oxygen atoms in total. The SMILES string of the molecule is Cc1ccc(F)c(NC(=O)NCC2(O)CCSCC2)c1. The lowest BCUT2D eigenvalue weighted by Gasteiger charge is -2.31. The smallest absolute Gasteiger partial charge is 0.319 e. The molecule has 0 unspecified atom stereocenters. The first kappa shape index (κ1) is 15.1. The van der Waals surface area contributed by atoms with Crippen LogP contribution < -0.4 is 10.6 Å². The van der Waals surface area contributed by atoms with Crippen LogP contribution in [0.4, 0.5) is 14.9 Å². The summed E-state index contributed by atoms with van der Waals surface area (Å²) >= 11 is 1.80. The number of benzene rings is 1. The maximum Gasteiger partial charge on any atom is 0.319 e. The van der Waals surface area contributed by atoms with Gasteiger partial charge in [0.25, 0.3) is 0 Å². The largest absolute Gasteiger partial charge is 0.388 e. The highest BCUT2D eigenvalue weighted by atomic mass is 32.2. The van der Waals surface area contributed by atoms with Crippen LogP contribution in [0.15, 0.2) is 18.2 Å². The van der Waals surface area contributed by atoms with Gasteiger partial charge in [0.05, 0.1) is 11.3 Å². The van der Waals surface area contributed by atoms with Crippen molar-refractivity contribution in [2.24, 2.45) is 0 Å². The molecule has 0 bridgehead atoms. The van der Waals surface area contributed by atoms with Crippen LogP contribution in [0.3, 0.4) is 0 Å². The average molecular weight is 298 g/mol. The highest BCUT2D eigenvalue weighted by molar-refractivity contribution is 7.99. The summed E-state index contributed by atoms with van der Waals surface area (Å²) in [7, 11) is 0. The van der Waals surface area contributed by atoms with E-state index >= 15 is 0 Å². The van der Waals surface area contributed by atoms with Crippen molar-refractivity contribution in [2.75, 3.05) is 23.4 Å². The number of nitrogens with one attached hydrogen (secondary N) is 2. The first-order valence-corrected chi connectivity index (χ1v) is 7.75. The van der Waals surface area contributed by atoms with Gasteiger partial charge in [0, 0.05) is 6.54 Å². The van der Waals surface area contributed by atoms with Gasteiger partial charge in [-0.2, -0.15) is 11.8 Å². The van der Waals surface area contributed by atoms with Crippen molar-refractivity contribution < 1.29 is 14.3 Å². The van der Waals surface area contributed by atoms with Gasteiger partial charge < -0.3 is 15.7 Å². The molecule has 0 radical (unpaired) electrons. The van der Waals surface area contributed by atoms with Gasteiger partial charge in [0.2, 0.25) is 0 Å². The number of carbonyl (C=O) groups is 1. The van der Waals surface area contributed by atoms with Gasteiger partial charge in [0.1, 0.15) is 5.82 Å². The molecule has 110 valence electrons. The molecule has 0 aliphatic carbocycles. The second-order valence-corrected chi connectivity index (χ2v) is 6.35. The highest BCUT2D eigenvalue weighted by Gasteiger charge is 2.29. The molecule has 0 spiro atoms. The standard InChI is InChI=1S/C14H19FN2O2S/c1-10-2-3-11(15)12(8-10)17-13(18)16-9-14(19)4-6-20-7-5-14/h2-3,8,19H,4-7,9H2,1H3,(H2,16,17,18). The summed E-state index contributed by atoms with van der Waals surface area (Å²) in [5.41, 5.74) is 0.173. The number of aliphatic hydroxyl groups is 1. The minimum Gasteiger partial charge on any atom is -0.388 e. The number of urea groups is 1. The lowest BCUT2D eigenvalue weighted by atomic mass is 9.97. The van der Waals surface area contributed by atoms with Crippen LogP contribution >= 0.6 is 11.8 Å². The number of hydrogen-bond donors (Lipinski definition) is 3. The zero-order valence-electron chi connectivity index (χ0n) is 11.4. The van der Waals surface area contributed by atoms with E-state index in [1.54, 1.807) is 23.9 Å². The molecule has 1 aromatic rings. The van der Waals surface area contributed by atoms with E-state index in [4.69, 9.17) is 0 Å². The number of amides is 2. The van der Waals surface area contributed by atoms with Crippen molar-refractivity contribution in [3.8, 4) is 0 Å². The van der Waals surface area contributed by atoms with Crippen LogP contribution in [0.2, 0.25) is 0 Å². The van der Waals surface area contributed by atoms with Crippen molar-refractivity contribution in [3.05, 3.63) is 29.6 Å². The Hall–Kier alpha value is -1.27. The molecule has 0 aromatic heterocycles. The number of hydrogen-bond acceptors (Lipinski definition) is 3. The zero-order valence-corrected chi connectivity index (χ0v) is 12.2. The molecule has 1 aliphatic rings. The predicted molar refractivity (Wildman–Crippen MR) is 79.7 cm³/mol. The Morgan fingerprint density at radius 1 is 1.45 bits per heavy atom. The summed E-state index contributed by atoms with van der Waals surface area (Å²) in [5, 5.41) is 15.3. The second kappa shape index (κ2) is 6.45. The number of thioether (sulfide) groups is 1. The Balaban J connectivity index is 1.87. The maximum atomic E-state index is 13.5. The minimum absolute atomic E-state index is 0.147.